The third-order valence-electron chi connectivity index (χ3n) is 8.56. The van der Waals surface area contributed by atoms with E-state index in [1.54, 1.807) is 0 Å². The average molecular weight is 480 g/mol. The average Bonchev–Trinajstić information content (AvgIpc) is 2.73. The number of primary amides is 1. The molecule has 3 aliphatic rings. The van der Waals surface area contributed by atoms with E-state index in [1.165, 1.54) is 18.3 Å². The molecule has 5 rings (SSSR count). The van der Waals surface area contributed by atoms with Crippen molar-refractivity contribution in [3.05, 3.63) is 39.9 Å². The van der Waals surface area contributed by atoms with Crippen molar-refractivity contribution in [1.29, 1.82) is 0 Å². The molecule has 1 amide bonds. The smallest absolute Gasteiger partial charge is 0.268 e. The Morgan fingerprint density at radius 1 is 1.09 bits per heavy atom. The third-order valence-corrected chi connectivity index (χ3v) is 8.56. The lowest BCUT2D eigenvalue weighted by atomic mass is 9.58. The molecular weight excluding hydrogens is 450 g/mol. The highest BCUT2D eigenvalue weighted by atomic mass is 19.3. The Morgan fingerprint density at radius 2 is 1.79 bits per heavy atom. The zero-order valence-electron chi connectivity index (χ0n) is 18.8. The number of hydrogen-bond donors (Lipinski definition) is 2. The fraction of sp³-hybridized carbons (Fsp3) is 0.640. The lowest BCUT2D eigenvalue weighted by Crippen LogP contribution is -2.47. The van der Waals surface area contributed by atoms with E-state index in [2.05, 4.69) is 9.97 Å². The molecule has 3 fully saturated rings. The number of aromatic nitrogens is 2. The summed E-state index contributed by atoms with van der Waals surface area (Å²) in [5, 5.41) is 0.0301. The molecule has 3 N–H and O–H groups in total. The first-order chi connectivity index (χ1) is 16.1. The van der Waals surface area contributed by atoms with E-state index >= 15 is 8.78 Å². The summed E-state index contributed by atoms with van der Waals surface area (Å²) in [7, 11) is 0. The molecule has 0 aliphatic heterocycles. The van der Waals surface area contributed by atoms with Gasteiger partial charge in [-0.05, 0) is 55.9 Å². The topological polar surface area (TPSA) is 88.8 Å². The van der Waals surface area contributed by atoms with Crippen LogP contribution in [0.3, 0.4) is 0 Å². The van der Waals surface area contributed by atoms with Gasteiger partial charge in [-0.15, -0.1) is 0 Å². The summed E-state index contributed by atoms with van der Waals surface area (Å²) >= 11 is 0. The number of nitrogens with zero attached hydrogens (tertiary/aromatic N) is 1. The maximum atomic E-state index is 15.4. The van der Waals surface area contributed by atoms with E-state index in [0.717, 1.165) is 19.3 Å². The van der Waals surface area contributed by atoms with Crippen LogP contribution in [0.25, 0.3) is 10.9 Å². The van der Waals surface area contributed by atoms with Crippen LogP contribution in [-0.4, -0.2) is 27.7 Å². The van der Waals surface area contributed by atoms with Crippen LogP contribution in [0.2, 0.25) is 0 Å². The predicted molar refractivity (Wildman–Crippen MR) is 119 cm³/mol. The molecule has 0 bridgehead atoms. The molecule has 2 aromatic rings. The van der Waals surface area contributed by atoms with Crippen LogP contribution in [-0.2, 0) is 0 Å². The third kappa shape index (κ3) is 4.11. The van der Waals surface area contributed by atoms with Gasteiger partial charge in [-0.25, -0.2) is 17.6 Å². The summed E-state index contributed by atoms with van der Waals surface area (Å²) in [6.07, 6.45) is 3.87. The van der Waals surface area contributed by atoms with E-state index in [1.807, 2.05) is 0 Å². The molecule has 0 unspecified atom stereocenters. The zero-order valence-corrected chi connectivity index (χ0v) is 18.8. The number of aromatic amines is 1. The van der Waals surface area contributed by atoms with E-state index < -0.39 is 41.4 Å². The number of amides is 1. The Balaban J connectivity index is 1.55. The van der Waals surface area contributed by atoms with Gasteiger partial charge in [0.05, 0.1) is 10.9 Å². The second-order valence-electron chi connectivity index (χ2n) is 10.5. The zero-order chi connectivity index (χ0) is 24.3. The van der Waals surface area contributed by atoms with Gasteiger partial charge in [-0.2, -0.15) is 0 Å². The molecule has 2 aromatic heterocycles. The van der Waals surface area contributed by atoms with Crippen molar-refractivity contribution in [2.24, 2.45) is 29.4 Å². The van der Waals surface area contributed by atoms with E-state index in [-0.39, 0.29) is 48.1 Å². The number of hydrogen-bond acceptors (Lipinski definition) is 3. The minimum Gasteiger partial charge on any atom is -0.364 e. The summed E-state index contributed by atoms with van der Waals surface area (Å²) in [6, 6.07) is 2.78. The highest BCUT2D eigenvalue weighted by Gasteiger charge is 2.55. The van der Waals surface area contributed by atoms with Gasteiger partial charge in [0.25, 0.3) is 11.8 Å². The summed E-state index contributed by atoms with van der Waals surface area (Å²) in [6.45, 7) is 0. The van der Waals surface area contributed by atoms with Gasteiger partial charge in [0.15, 0.2) is 5.43 Å². The quantitative estimate of drug-likeness (QED) is 0.576. The van der Waals surface area contributed by atoms with Crippen LogP contribution < -0.4 is 11.2 Å². The first-order valence-electron chi connectivity index (χ1n) is 12.1. The number of carbonyl (C=O) groups is 1. The fourth-order valence-electron chi connectivity index (χ4n) is 6.56. The van der Waals surface area contributed by atoms with Crippen molar-refractivity contribution < 1.29 is 22.4 Å². The maximum absolute atomic E-state index is 15.4. The van der Waals surface area contributed by atoms with Gasteiger partial charge >= 0.3 is 0 Å². The minimum absolute atomic E-state index is 0.0247. The number of alkyl halides is 4. The summed E-state index contributed by atoms with van der Waals surface area (Å²) < 4.78 is 58.6. The van der Waals surface area contributed by atoms with Crippen LogP contribution in [0, 0.1) is 23.7 Å². The van der Waals surface area contributed by atoms with Gasteiger partial charge < -0.3 is 10.7 Å². The van der Waals surface area contributed by atoms with Crippen LogP contribution in [0.1, 0.15) is 79.9 Å². The summed E-state index contributed by atoms with van der Waals surface area (Å²) in [4.78, 5) is 31.7. The molecule has 34 heavy (non-hydrogen) atoms. The van der Waals surface area contributed by atoms with Crippen molar-refractivity contribution in [3.8, 4) is 0 Å². The number of rotatable bonds is 4. The minimum atomic E-state index is -2.90. The highest BCUT2D eigenvalue weighted by Crippen LogP contribution is 2.57. The van der Waals surface area contributed by atoms with E-state index in [0.29, 0.717) is 24.1 Å². The van der Waals surface area contributed by atoms with Crippen LogP contribution in [0.5, 0.6) is 0 Å². The van der Waals surface area contributed by atoms with Crippen molar-refractivity contribution in [2.75, 3.05) is 0 Å². The SMILES string of the molecule is NC(=O)c1nccc2[nH]c([C@H]3CC(F)(F)[C@@H](C4CCC4)C[C@@H]3C3CCC(F)(F)CC3)cc(=O)c12. The molecule has 184 valence electrons. The summed E-state index contributed by atoms with van der Waals surface area (Å²) in [5.41, 5.74) is 5.35. The number of nitrogens with two attached hydrogens (primary N) is 1. The van der Waals surface area contributed by atoms with Gasteiger partial charge in [-0.3, -0.25) is 14.6 Å². The summed E-state index contributed by atoms with van der Waals surface area (Å²) in [5.74, 6) is -8.19. The van der Waals surface area contributed by atoms with E-state index in [4.69, 9.17) is 5.73 Å². The normalized spacial score (nSPS) is 29.6. The Bertz CT molecular complexity index is 1150. The Labute approximate surface area is 194 Å². The second-order valence-corrected chi connectivity index (χ2v) is 10.5. The molecule has 3 atom stereocenters. The van der Waals surface area contributed by atoms with Gasteiger partial charge in [0.2, 0.25) is 5.92 Å². The Hall–Kier alpha value is -2.45. The number of pyridine rings is 2. The fourth-order valence-corrected chi connectivity index (χ4v) is 6.56. The first kappa shape index (κ1) is 23.3. The molecule has 0 spiro atoms. The highest BCUT2D eigenvalue weighted by molar-refractivity contribution is 6.03. The van der Waals surface area contributed by atoms with Crippen LogP contribution in [0.15, 0.2) is 23.1 Å². The number of fused-ring (bicyclic) bond motifs is 1. The molecule has 2 heterocycles. The van der Waals surface area contributed by atoms with Crippen LogP contribution >= 0.6 is 0 Å². The standard InChI is InChI=1S/C25H29F4N3O2/c26-24(27)7-4-13(5-8-24)15-10-17(14-2-1-3-14)25(28,29)12-16(15)19-11-20(33)21-18(32-19)6-9-31-22(21)23(30)34/h6,9,11,13-17H,1-5,7-8,10,12H2,(H2,30,34)(H,32,33)/t15-,16+,17-/m1/s1. The lowest BCUT2D eigenvalue weighted by Gasteiger charge is -2.49. The lowest BCUT2D eigenvalue weighted by molar-refractivity contribution is -0.148. The predicted octanol–water partition coefficient (Wildman–Crippen LogP) is 5.39. The maximum Gasteiger partial charge on any atom is 0.268 e. The number of carbonyl (C=O) groups excluding carboxylic acids is 1. The molecule has 5 nitrogen and oxygen atoms in total. The molecular formula is C25H29F4N3O2. The molecule has 0 saturated heterocycles. The van der Waals surface area contributed by atoms with E-state index in [9.17, 15) is 18.4 Å². The Morgan fingerprint density at radius 3 is 2.41 bits per heavy atom. The first-order valence-corrected chi connectivity index (χ1v) is 12.1. The van der Waals surface area contributed by atoms with Crippen LogP contribution in [0.4, 0.5) is 17.6 Å². The largest absolute Gasteiger partial charge is 0.364 e. The van der Waals surface area contributed by atoms with Crippen molar-refractivity contribution >= 4 is 16.8 Å². The molecule has 3 saturated carbocycles. The molecule has 9 heteroatoms. The van der Waals surface area contributed by atoms with Gasteiger partial charge in [0, 0.05) is 49.1 Å². The van der Waals surface area contributed by atoms with Crippen molar-refractivity contribution in [3.63, 3.8) is 0 Å². The van der Waals surface area contributed by atoms with Gasteiger partial charge in [-0.1, -0.05) is 6.42 Å². The molecule has 0 radical (unpaired) electrons. The van der Waals surface area contributed by atoms with Crippen molar-refractivity contribution in [1.82, 2.24) is 9.97 Å². The number of halogens is 4. The van der Waals surface area contributed by atoms with Crippen molar-refractivity contribution in [2.45, 2.75) is 75.6 Å². The monoisotopic (exact) mass is 479 g/mol. The number of H-pyrrole nitrogens is 1. The molecule has 3 aliphatic carbocycles. The Kier molecular flexibility index (Phi) is 5.72. The second kappa shape index (κ2) is 8.34. The van der Waals surface area contributed by atoms with Gasteiger partial charge in [0.1, 0.15) is 5.69 Å². The molecule has 0 aromatic carbocycles. The number of nitrogens with one attached hydrogen (secondary N) is 1.